The third-order valence-corrected chi connectivity index (χ3v) is 4.98. The number of hydrogen-bond acceptors (Lipinski definition) is 5. The van der Waals surface area contributed by atoms with E-state index in [2.05, 4.69) is 9.97 Å². The predicted molar refractivity (Wildman–Crippen MR) is 107 cm³/mol. The third kappa shape index (κ3) is 3.72. The molecule has 7 heteroatoms. The van der Waals surface area contributed by atoms with Crippen molar-refractivity contribution in [2.75, 3.05) is 4.90 Å². The summed E-state index contributed by atoms with van der Waals surface area (Å²) in [5.41, 5.74) is 2.51. The molecular formula is C19H16N4OS2. The van der Waals surface area contributed by atoms with Crippen molar-refractivity contribution in [3.05, 3.63) is 57.8 Å². The molecule has 0 bridgehead atoms. The van der Waals surface area contributed by atoms with Crippen LogP contribution in [0.2, 0.25) is 0 Å². The number of H-pyrrole nitrogens is 1. The van der Waals surface area contributed by atoms with Gasteiger partial charge >= 0.3 is 0 Å². The van der Waals surface area contributed by atoms with Crippen molar-refractivity contribution >= 4 is 51.4 Å². The van der Waals surface area contributed by atoms with Gasteiger partial charge in [0.05, 0.1) is 10.2 Å². The molecule has 2 aromatic heterocycles. The Labute approximate surface area is 160 Å². The molecule has 0 fully saturated rings. The average Bonchev–Trinajstić information content (AvgIpc) is 2.99. The number of amides is 1. The summed E-state index contributed by atoms with van der Waals surface area (Å²) in [6.45, 7) is 3.84. The van der Waals surface area contributed by atoms with E-state index >= 15 is 0 Å². The summed E-state index contributed by atoms with van der Waals surface area (Å²) in [7, 11) is 0. The van der Waals surface area contributed by atoms with Crippen LogP contribution in [0.25, 0.3) is 16.3 Å². The fraction of sp³-hybridized carbons (Fsp3) is 0.158. The molecule has 1 N–H and O–H groups in total. The van der Waals surface area contributed by atoms with Crippen molar-refractivity contribution in [1.29, 1.82) is 5.26 Å². The second-order valence-electron chi connectivity index (χ2n) is 5.91. The summed E-state index contributed by atoms with van der Waals surface area (Å²) in [5, 5.41) is 9.51. The number of aromatic nitrogens is 2. The first-order chi connectivity index (χ1) is 12.5. The molecule has 0 saturated carbocycles. The van der Waals surface area contributed by atoms with E-state index in [0.717, 1.165) is 21.5 Å². The Morgan fingerprint density at radius 1 is 1.35 bits per heavy atom. The van der Waals surface area contributed by atoms with Crippen LogP contribution >= 0.6 is 23.6 Å². The highest BCUT2D eigenvalue weighted by Gasteiger charge is 2.23. The zero-order valence-electron chi connectivity index (χ0n) is 14.3. The lowest BCUT2D eigenvalue weighted by molar-refractivity contribution is -0.115. The van der Waals surface area contributed by atoms with Gasteiger partial charge in [-0.2, -0.15) is 5.26 Å². The lowest BCUT2D eigenvalue weighted by Gasteiger charge is -2.26. The van der Waals surface area contributed by atoms with Gasteiger partial charge in [-0.15, -0.1) is 11.3 Å². The average molecular weight is 380 g/mol. The van der Waals surface area contributed by atoms with Crippen LogP contribution < -0.4 is 4.90 Å². The van der Waals surface area contributed by atoms with Gasteiger partial charge in [-0.3, -0.25) is 9.78 Å². The first kappa shape index (κ1) is 18.0. The SMILES string of the molecule is CC(C)N(C(=O)/C(C#N)=C/c1ccncc1)c1ccc2[nH]c(=S)sc2c1. The number of rotatable bonds is 4. The minimum atomic E-state index is -0.335. The third-order valence-electron chi connectivity index (χ3n) is 3.79. The summed E-state index contributed by atoms with van der Waals surface area (Å²) < 4.78 is 1.66. The number of fused-ring (bicyclic) bond motifs is 1. The number of hydrogen-bond donors (Lipinski definition) is 1. The van der Waals surface area contributed by atoms with Gasteiger partial charge < -0.3 is 9.88 Å². The van der Waals surface area contributed by atoms with Crippen LogP contribution in [0.4, 0.5) is 5.69 Å². The molecule has 130 valence electrons. The van der Waals surface area contributed by atoms with Crippen LogP contribution in [-0.4, -0.2) is 21.9 Å². The number of aromatic amines is 1. The molecule has 0 aliphatic heterocycles. The normalized spacial score (nSPS) is 11.5. The molecule has 1 amide bonds. The van der Waals surface area contributed by atoms with Crippen LogP contribution in [0, 0.1) is 15.3 Å². The van der Waals surface area contributed by atoms with Crippen molar-refractivity contribution in [2.45, 2.75) is 19.9 Å². The molecule has 0 spiro atoms. The molecule has 1 aromatic carbocycles. The lowest BCUT2D eigenvalue weighted by Crippen LogP contribution is -2.37. The number of pyridine rings is 1. The maximum atomic E-state index is 13.1. The number of carbonyl (C=O) groups is 1. The molecule has 3 aromatic rings. The predicted octanol–water partition coefficient (Wildman–Crippen LogP) is 4.70. The van der Waals surface area contributed by atoms with Gasteiger partial charge in [0.2, 0.25) is 0 Å². The zero-order chi connectivity index (χ0) is 18.7. The van der Waals surface area contributed by atoms with Crippen molar-refractivity contribution in [3.8, 4) is 6.07 Å². The zero-order valence-corrected chi connectivity index (χ0v) is 15.9. The van der Waals surface area contributed by atoms with Crippen LogP contribution in [0.1, 0.15) is 19.4 Å². The number of benzene rings is 1. The van der Waals surface area contributed by atoms with E-state index in [1.54, 1.807) is 35.5 Å². The highest BCUT2D eigenvalue weighted by Crippen LogP contribution is 2.28. The van der Waals surface area contributed by atoms with Crippen LogP contribution in [0.15, 0.2) is 48.3 Å². The minimum absolute atomic E-state index is 0.0756. The van der Waals surface area contributed by atoms with Crippen molar-refractivity contribution in [2.24, 2.45) is 0 Å². The van der Waals surface area contributed by atoms with E-state index in [4.69, 9.17) is 12.2 Å². The van der Waals surface area contributed by atoms with Crippen molar-refractivity contribution in [1.82, 2.24) is 9.97 Å². The Hall–Kier alpha value is -2.82. The second kappa shape index (κ2) is 7.60. The van der Waals surface area contributed by atoms with Gasteiger partial charge in [0, 0.05) is 24.1 Å². The first-order valence-corrected chi connectivity index (χ1v) is 9.20. The molecule has 0 radical (unpaired) electrons. The molecule has 0 aliphatic rings. The van der Waals surface area contributed by atoms with Gasteiger partial charge in [0.25, 0.3) is 5.91 Å². The molecule has 0 unspecified atom stereocenters. The van der Waals surface area contributed by atoms with E-state index < -0.39 is 0 Å². The minimum Gasteiger partial charge on any atom is -0.337 e. The maximum absolute atomic E-state index is 13.1. The van der Waals surface area contributed by atoms with Gasteiger partial charge in [-0.05, 0) is 68.0 Å². The number of nitriles is 1. The number of nitrogens with zero attached hydrogens (tertiary/aromatic N) is 3. The topological polar surface area (TPSA) is 72.8 Å². The smallest absolute Gasteiger partial charge is 0.269 e. The number of nitrogens with one attached hydrogen (secondary N) is 1. The molecule has 0 saturated heterocycles. The van der Waals surface area contributed by atoms with Gasteiger partial charge in [-0.25, -0.2) is 0 Å². The van der Waals surface area contributed by atoms with E-state index in [-0.39, 0.29) is 17.5 Å². The highest BCUT2D eigenvalue weighted by molar-refractivity contribution is 7.73. The van der Waals surface area contributed by atoms with Crippen LogP contribution in [-0.2, 0) is 4.79 Å². The Bertz CT molecular complexity index is 1070. The van der Waals surface area contributed by atoms with Crippen molar-refractivity contribution < 1.29 is 4.79 Å². The molecule has 0 atom stereocenters. The standard InChI is InChI=1S/C19H16N4OS2/c1-12(2)23(15-3-4-16-17(10-15)26-19(25)22-16)18(24)14(11-20)9-13-5-7-21-8-6-13/h3-10,12H,1-2H3,(H,22,25)/b14-9+. The molecule has 5 nitrogen and oxygen atoms in total. The Morgan fingerprint density at radius 3 is 2.73 bits per heavy atom. The Balaban J connectivity index is 2.02. The Kier molecular flexibility index (Phi) is 5.26. The largest absolute Gasteiger partial charge is 0.337 e. The van der Waals surface area contributed by atoms with Gasteiger partial charge in [0.15, 0.2) is 3.95 Å². The number of anilines is 1. The Morgan fingerprint density at radius 2 is 2.08 bits per heavy atom. The first-order valence-electron chi connectivity index (χ1n) is 7.98. The quantitative estimate of drug-likeness (QED) is 0.404. The molecule has 2 heterocycles. The summed E-state index contributed by atoms with van der Waals surface area (Å²) in [4.78, 5) is 21.7. The van der Waals surface area contributed by atoms with E-state index in [1.165, 1.54) is 11.3 Å². The molecule has 0 aliphatic carbocycles. The lowest BCUT2D eigenvalue weighted by atomic mass is 10.1. The molecule has 26 heavy (non-hydrogen) atoms. The number of carbonyl (C=O) groups excluding carboxylic acids is 1. The van der Waals surface area contributed by atoms with E-state index in [9.17, 15) is 10.1 Å². The van der Waals surface area contributed by atoms with Crippen LogP contribution in [0.3, 0.4) is 0 Å². The summed E-state index contributed by atoms with van der Waals surface area (Å²) in [6.07, 6.45) is 4.83. The molecular weight excluding hydrogens is 364 g/mol. The highest BCUT2D eigenvalue weighted by atomic mass is 32.1. The second-order valence-corrected chi connectivity index (χ2v) is 7.63. The van der Waals surface area contributed by atoms with Crippen LogP contribution in [0.5, 0.6) is 0 Å². The summed E-state index contributed by atoms with van der Waals surface area (Å²) >= 11 is 6.64. The fourth-order valence-electron chi connectivity index (χ4n) is 2.63. The van der Waals surface area contributed by atoms with Gasteiger partial charge in [0.1, 0.15) is 11.6 Å². The van der Waals surface area contributed by atoms with E-state index in [1.807, 2.05) is 38.1 Å². The number of thiazole rings is 1. The summed E-state index contributed by atoms with van der Waals surface area (Å²) in [5.74, 6) is -0.335. The molecule has 3 rings (SSSR count). The van der Waals surface area contributed by atoms with Gasteiger partial charge in [-0.1, -0.05) is 0 Å². The monoisotopic (exact) mass is 380 g/mol. The summed E-state index contributed by atoms with van der Waals surface area (Å²) in [6, 6.07) is 11.1. The fourth-order valence-corrected chi connectivity index (χ4v) is 3.78. The van der Waals surface area contributed by atoms with E-state index in [0.29, 0.717) is 3.95 Å². The maximum Gasteiger partial charge on any atom is 0.269 e. The van der Waals surface area contributed by atoms with Crippen molar-refractivity contribution in [3.63, 3.8) is 0 Å².